The Balaban J connectivity index is 3.15. The molecule has 0 heterocycles. The van der Waals surface area contributed by atoms with E-state index in [0.717, 1.165) is 0 Å². The van der Waals surface area contributed by atoms with Gasteiger partial charge in [-0.25, -0.2) is 13.1 Å². The van der Waals surface area contributed by atoms with Crippen molar-refractivity contribution in [3.63, 3.8) is 0 Å². The number of hydrogen-bond donors (Lipinski definition) is 2. The van der Waals surface area contributed by atoms with Gasteiger partial charge in [-0.15, -0.1) is 0 Å². The van der Waals surface area contributed by atoms with Crippen LogP contribution in [0.4, 0.5) is 5.69 Å². The minimum atomic E-state index is -3.68. The van der Waals surface area contributed by atoms with Crippen molar-refractivity contribution in [2.75, 3.05) is 19.0 Å². The lowest BCUT2D eigenvalue weighted by Crippen LogP contribution is -2.28. The van der Waals surface area contributed by atoms with Crippen LogP contribution < -0.4 is 14.8 Å². The van der Waals surface area contributed by atoms with Gasteiger partial charge >= 0.3 is 0 Å². The van der Waals surface area contributed by atoms with E-state index in [2.05, 4.69) is 10.0 Å². The van der Waals surface area contributed by atoms with Gasteiger partial charge in [-0.1, -0.05) is 13.8 Å². The highest BCUT2D eigenvalue weighted by atomic mass is 32.2. The van der Waals surface area contributed by atoms with Crippen molar-refractivity contribution in [3.8, 4) is 5.75 Å². The molecule has 0 unspecified atom stereocenters. The summed E-state index contributed by atoms with van der Waals surface area (Å²) in [5, 5.41) is 2.55. The summed E-state index contributed by atoms with van der Waals surface area (Å²) in [6.45, 7) is 5.51. The van der Waals surface area contributed by atoms with Crippen LogP contribution in [0.15, 0.2) is 23.1 Å². The lowest BCUT2D eigenvalue weighted by molar-refractivity contribution is -0.114. The third kappa shape index (κ3) is 4.50. The van der Waals surface area contributed by atoms with Crippen molar-refractivity contribution in [1.82, 2.24) is 4.72 Å². The summed E-state index contributed by atoms with van der Waals surface area (Å²) >= 11 is 0. The van der Waals surface area contributed by atoms with Crippen LogP contribution in [0.25, 0.3) is 0 Å². The second-order valence-electron chi connectivity index (χ2n) is 4.79. The van der Waals surface area contributed by atoms with Crippen LogP contribution in [0.1, 0.15) is 20.8 Å². The van der Waals surface area contributed by atoms with E-state index >= 15 is 0 Å². The lowest BCUT2D eigenvalue weighted by atomic mass is 10.2. The minimum Gasteiger partial charge on any atom is -0.495 e. The zero-order valence-electron chi connectivity index (χ0n) is 12.1. The van der Waals surface area contributed by atoms with E-state index < -0.39 is 10.0 Å². The van der Waals surface area contributed by atoms with Gasteiger partial charge in [0.2, 0.25) is 15.9 Å². The molecule has 0 spiro atoms. The number of nitrogens with one attached hydrogen (secondary N) is 2. The quantitative estimate of drug-likeness (QED) is 0.835. The van der Waals surface area contributed by atoms with Crippen molar-refractivity contribution < 1.29 is 17.9 Å². The Morgan fingerprint density at radius 2 is 2.00 bits per heavy atom. The number of benzene rings is 1. The van der Waals surface area contributed by atoms with Crippen molar-refractivity contribution in [2.45, 2.75) is 25.7 Å². The van der Waals surface area contributed by atoms with E-state index in [9.17, 15) is 13.2 Å². The number of sulfonamides is 1. The fraction of sp³-hybridized carbons (Fsp3) is 0.462. The number of carbonyl (C=O) groups is 1. The highest BCUT2D eigenvalue weighted by Crippen LogP contribution is 2.27. The van der Waals surface area contributed by atoms with Gasteiger partial charge < -0.3 is 10.1 Å². The van der Waals surface area contributed by atoms with Crippen molar-refractivity contribution in [3.05, 3.63) is 18.2 Å². The second-order valence-corrected chi connectivity index (χ2v) is 6.53. The Labute approximate surface area is 119 Å². The molecular weight excluding hydrogens is 280 g/mol. The molecule has 1 rings (SSSR count). The maximum Gasteiger partial charge on any atom is 0.244 e. The first-order valence-electron chi connectivity index (χ1n) is 6.21. The van der Waals surface area contributed by atoms with Gasteiger partial charge in [-0.3, -0.25) is 4.79 Å². The summed E-state index contributed by atoms with van der Waals surface area (Å²) in [6, 6.07) is 4.47. The van der Waals surface area contributed by atoms with Gasteiger partial charge in [0, 0.05) is 19.2 Å². The zero-order chi connectivity index (χ0) is 15.3. The molecule has 0 saturated heterocycles. The first kappa shape index (κ1) is 16.5. The normalized spacial score (nSPS) is 11.4. The molecule has 0 saturated carbocycles. The van der Waals surface area contributed by atoms with Gasteiger partial charge in [0.25, 0.3) is 0 Å². The monoisotopic (exact) mass is 300 g/mol. The molecule has 2 N–H and O–H groups in total. The predicted molar refractivity (Wildman–Crippen MR) is 77.3 cm³/mol. The van der Waals surface area contributed by atoms with Gasteiger partial charge in [-0.2, -0.15) is 0 Å². The van der Waals surface area contributed by atoms with Crippen molar-refractivity contribution in [1.29, 1.82) is 0 Å². The van der Waals surface area contributed by atoms with Gasteiger partial charge in [0.05, 0.1) is 7.11 Å². The summed E-state index contributed by atoms with van der Waals surface area (Å²) in [7, 11) is -2.29. The molecule has 0 bridgehead atoms. The van der Waals surface area contributed by atoms with Crippen molar-refractivity contribution in [2.24, 2.45) is 5.92 Å². The molecule has 0 aliphatic rings. The van der Waals surface area contributed by atoms with Gasteiger partial charge in [0.15, 0.2) is 0 Å². The number of ether oxygens (including phenoxy) is 1. The van der Waals surface area contributed by atoms with E-state index in [1.165, 1.54) is 26.2 Å². The minimum absolute atomic E-state index is 0.00639. The number of carbonyl (C=O) groups excluding carboxylic acids is 1. The van der Waals surface area contributed by atoms with Crippen LogP contribution in [-0.4, -0.2) is 28.0 Å². The van der Waals surface area contributed by atoms with E-state index in [1.807, 2.05) is 13.8 Å². The first-order valence-corrected chi connectivity index (χ1v) is 7.70. The van der Waals surface area contributed by atoms with Crippen molar-refractivity contribution >= 4 is 21.6 Å². The molecule has 7 heteroatoms. The molecule has 0 fully saturated rings. The second kappa shape index (κ2) is 6.71. The molecule has 0 aliphatic carbocycles. The van der Waals surface area contributed by atoms with E-state index in [0.29, 0.717) is 12.2 Å². The van der Waals surface area contributed by atoms with E-state index in [4.69, 9.17) is 4.74 Å². The fourth-order valence-electron chi connectivity index (χ4n) is 1.52. The highest BCUT2D eigenvalue weighted by Gasteiger charge is 2.20. The third-order valence-corrected chi connectivity index (χ3v) is 3.90. The Bertz CT molecular complexity index is 582. The van der Waals surface area contributed by atoms with Crippen LogP contribution >= 0.6 is 0 Å². The SMILES string of the molecule is COc1ccc(NC(C)=O)cc1S(=O)(=O)NCC(C)C. The standard InChI is InChI=1S/C13H20N2O4S/c1-9(2)8-14-20(17,18)13-7-11(15-10(3)16)5-6-12(13)19-4/h5-7,9,14H,8H2,1-4H3,(H,15,16). The summed E-state index contributed by atoms with van der Waals surface area (Å²) in [5.41, 5.74) is 0.406. The molecule has 1 aromatic carbocycles. The molecular formula is C13H20N2O4S. The first-order chi connectivity index (χ1) is 9.26. The van der Waals surface area contributed by atoms with E-state index in [1.54, 1.807) is 6.07 Å². The van der Waals surface area contributed by atoms with Gasteiger partial charge in [-0.05, 0) is 24.1 Å². The topological polar surface area (TPSA) is 84.5 Å². The Hall–Kier alpha value is -1.60. The number of amides is 1. The average Bonchev–Trinajstić information content (AvgIpc) is 2.36. The largest absolute Gasteiger partial charge is 0.495 e. The number of anilines is 1. The van der Waals surface area contributed by atoms with Crippen LogP contribution in [0, 0.1) is 5.92 Å². The van der Waals surface area contributed by atoms with Crippen LogP contribution in [0.5, 0.6) is 5.75 Å². The third-order valence-electron chi connectivity index (χ3n) is 2.46. The summed E-state index contributed by atoms with van der Waals surface area (Å²) in [6.07, 6.45) is 0. The Morgan fingerprint density at radius 3 is 2.50 bits per heavy atom. The maximum atomic E-state index is 12.3. The lowest BCUT2D eigenvalue weighted by Gasteiger charge is -2.13. The zero-order valence-corrected chi connectivity index (χ0v) is 12.9. The molecule has 0 aromatic heterocycles. The summed E-state index contributed by atoms with van der Waals surface area (Å²) in [5.74, 6) is 0.151. The number of hydrogen-bond acceptors (Lipinski definition) is 4. The maximum absolute atomic E-state index is 12.3. The van der Waals surface area contributed by atoms with Crippen LogP contribution in [0.2, 0.25) is 0 Å². The van der Waals surface area contributed by atoms with Gasteiger partial charge in [0.1, 0.15) is 10.6 Å². The molecule has 6 nitrogen and oxygen atoms in total. The molecule has 1 aromatic rings. The molecule has 0 radical (unpaired) electrons. The number of rotatable bonds is 6. The molecule has 1 amide bonds. The Kier molecular flexibility index (Phi) is 5.52. The van der Waals surface area contributed by atoms with E-state index in [-0.39, 0.29) is 22.5 Å². The predicted octanol–water partition coefficient (Wildman–Crippen LogP) is 1.59. The summed E-state index contributed by atoms with van der Waals surface area (Å²) < 4.78 is 32.1. The van der Waals surface area contributed by atoms with Crippen LogP contribution in [-0.2, 0) is 14.8 Å². The Morgan fingerprint density at radius 1 is 1.35 bits per heavy atom. The molecule has 0 aliphatic heterocycles. The fourth-order valence-corrected chi connectivity index (χ4v) is 2.93. The highest BCUT2D eigenvalue weighted by molar-refractivity contribution is 7.89. The number of methoxy groups -OCH3 is 1. The smallest absolute Gasteiger partial charge is 0.244 e. The average molecular weight is 300 g/mol. The summed E-state index contributed by atoms with van der Waals surface area (Å²) in [4.78, 5) is 11.0. The molecule has 0 atom stereocenters. The molecule has 20 heavy (non-hydrogen) atoms. The van der Waals surface area contributed by atoms with Crippen LogP contribution in [0.3, 0.4) is 0 Å². The molecule has 112 valence electrons.